The van der Waals surface area contributed by atoms with Gasteiger partial charge in [0, 0.05) is 6.20 Å². The van der Waals surface area contributed by atoms with E-state index in [0.29, 0.717) is 16.6 Å². The molecule has 76 valence electrons. The van der Waals surface area contributed by atoms with Gasteiger partial charge >= 0.3 is 5.97 Å². The van der Waals surface area contributed by atoms with Gasteiger partial charge in [-0.15, -0.1) is 0 Å². The van der Waals surface area contributed by atoms with Crippen molar-refractivity contribution in [2.45, 2.75) is 6.92 Å². The molecular formula is C10H8N2O3. The van der Waals surface area contributed by atoms with Gasteiger partial charge in [-0.05, 0) is 19.1 Å². The van der Waals surface area contributed by atoms with Gasteiger partial charge in [0.2, 0.25) is 0 Å². The molecule has 0 aliphatic rings. The second kappa shape index (κ2) is 3.20. The van der Waals surface area contributed by atoms with E-state index in [4.69, 9.17) is 5.11 Å². The van der Waals surface area contributed by atoms with Gasteiger partial charge in [-0.25, -0.2) is 9.78 Å². The number of aromatic carboxylic acids is 1. The third-order valence-corrected chi connectivity index (χ3v) is 2.12. The summed E-state index contributed by atoms with van der Waals surface area (Å²) in [6.07, 6.45) is 1.53. The lowest BCUT2D eigenvalue weighted by molar-refractivity contribution is 0.0690. The van der Waals surface area contributed by atoms with Gasteiger partial charge in [0.1, 0.15) is 5.69 Å². The average Bonchev–Trinajstić information content (AvgIpc) is 2.59. The smallest absolute Gasteiger partial charge is 0.354 e. The van der Waals surface area contributed by atoms with E-state index in [2.05, 4.69) is 9.97 Å². The van der Waals surface area contributed by atoms with E-state index < -0.39 is 5.97 Å². The average molecular weight is 204 g/mol. The quantitative estimate of drug-likeness (QED) is 0.725. The van der Waals surface area contributed by atoms with Crippen LogP contribution in [0.2, 0.25) is 0 Å². The standard InChI is InChI=1S/C10H8N2O3/c1-5(13)6-4-11-7-2-3-8(10(14)15)12-9(6)7/h2-4,11H,1H3,(H,14,15). The number of aromatic nitrogens is 2. The van der Waals surface area contributed by atoms with Gasteiger partial charge < -0.3 is 10.1 Å². The van der Waals surface area contributed by atoms with E-state index in [0.717, 1.165) is 0 Å². The molecule has 0 aromatic carbocycles. The van der Waals surface area contributed by atoms with Crippen LogP contribution < -0.4 is 0 Å². The zero-order valence-electron chi connectivity index (χ0n) is 7.94. The lowest BCUT2D eigenvalue weighted by Crippen LogP contribution is -2.00. The highest BCUT2D eigenvalue weighted by molar-refractivity contribution is 6.05. The molecule has 0 aliphatic heterocycles. The summed E-state index contributed by atoms with van der Waals surface area (Å²) >= 11 is 0. The maximum atomic E-state index is 11.2. The molecule has 2 aromatic rings. The second-order valence-electron chi connectivity index (χ2n) is 3.16. The minimum absolute atomic E-state index is 0.0652. The minimum Gasteiger partial charge on any atom is -0.477 e. The largest absolute Gasteiger partial charge is 0.477 e. The first kappa shape index (κ1) is 9.39. The molecule has 0 radical (unpaired) electrons. The Kier molecular flexibility index (Phi) is 2.00. The van der Waals surface area contributed by atoms with Gasteiger partial charge in [0.15, 0.2) is 5.78 Å². The molecule has 2 heterocycles. The van der Waals surface area contributed by atoms with Gasteiger partial charge in [0.05, 0.1) is 16.6 Å². The Morgan fingerprint density at radius 1 is 1.40 bits per heavy atom. The number of aromatic amines is 1. The zero-order chi connectivity index (χ0) is 11.0. The van der Waals surface area contributed by atoms with Crippen LogP contribution in [0, 0.1) is 0 Å². The topological polar surface area (TPSA) is 83.0 Å². The van der Waals surface area contributed by atoms with E-state index in [1.807, 2.05) is 0 Å². The van der Waals surface area contributed by atoms with Crippen LogP contribution in [0.4, 0.5) is 0 Å². The van der Waals surface area contributed by atoms with Crippen LogP contribution in [0.5, 0.6) is 0 Å². The Bertz CT molecular complexity index is 557. The van der Waals surface area contributed by atoms with Crippen molar-refractivity contribution >= 4 is 22.8 Å². The molecule has 0 saturated heterocycles. The summed E-state index contributed by atoms with van der Waals surface area (Å²) in [5, 5.41) is 8.75. The molecule has 0 bridgehead atoms. The number of carbonyl (C=O) groups is 2. The molecule has 0 unspecified atom stereocenters. The molecule has 0 spiro atoms. The van der Waals surface area contributed by atoms with Crippen molar-refractivity contribution in [1.29, 1.82) is 0 Å². The van der Waals surface area contributed by atoms with Crippen molar-refractivity contribution in [1.82, 2.24) is 9.97 Å². The summed E-state index contributed by atoms with van der Waals surface area (Å²) in [5.41, 5.74) is 1.41. The maximum absolute atomic E-state index is 11.2. The summed E-state index contributed by atoms with van der Waals surface area (Å²) in [7, 11) is 0. The van der Waals surface area contributed by atoms with Crippen molar-refractivity contribution in [3.05, 3.63) is 29.6 Å². The molecule has 5 heteroatoms. The monoisotopic (exact) mass is 204 g/mol. The number of nitrogens with one attached hydrogen (secondary N) is 1. The van der Waals surface area contributed by atoms with Crippen LogP contribution in [0.1, 0.15) is 27.8 Å². The summed E-state index contributed by atoms with van der Waals surface area (Å²) in [5.74, 6) is -1.25. The Hall–Kier alpha value is -2.17. The highest BCUT2D eigenvalue weighted by Gasteiger charge is 2.12. The molecule has 2 aromatic heterocycles. The molecular weight excluding hydrogens is 196 g/mol. The Morgan fingerprint density at radius 3 is 2.73 bits per heavy atom. The maximum Gasteiger partial charge on any atom is 0.354 e. The first-order chi connectivity index (χ1) is 7.09. The van der Waals surface area contributed by atoms with Crippen LogP contribution in [-0.2, 0) is 0 Å². The lowest BCUT2D eigenvalue weighted by atomic mass is 10.2. The number of fused-ring (bicyclic) bond motifs is 1. The van der Waals surface area contributed by atoms with E-state index in [9.17, 15) is 9.59 Å². The van der Waals surface area contributed by atoms with Crippen LogP contribution in [-0.4, -0.2) is 26.8 Å². The van der Waals surface area contributed by atoms with Gasteiger partial charge in [-0.3, -0.25) is 4.79 Å². The minimum atomic E-state index is -1.10. The fourth-order valence-corrected chi connectivity index (χ4v) is 1.39. The number of carbonyl (C=O) groups excluding carboxylic acids is 1. The molecule has 0 saturated carbocycles. The number of ketones is 1. The number of carboxylic acids is 1. The summed E-state index contributed by atoms with van der Waals surface area (Å²) < 4.78 is 0. The molecule has 0 fully saturated rings. The number of carboxylic acid groups (broad SMARTS) is 1. The van der Waals surface area contributed by atoms with Crippen molar-refractivity contribution in [2.24, 2.45) is 0 Å². The predicted molar refractivity (Wildman–Crippen MR) is 53.1 cm³/mol. The third kappa shape index (κ3) is 1.48. The Balaban J connectivity index is 2.72. The Labute approximate surface area is 84.8 Å². The van der Waals surface area contributed by atoms with Crippen molar-refractivity contribution < 1.29 is 14.7 Å². The van der Waals surface area contributed by atoms with E-state index in [1.165, 1.54) is 19.2 Å². The summed E-state index contributed by atoms with van der Waals surface area (Å²) in [6, 6.07) is 2.99. The molecule has 0 aliphatic carbocycles. The van der Waals surface area contributed by atoms with E-state index in [-0.39, 0.29) is 11.5 Å². The van der Waals surface area contributed by atoms with Crippen molar-refractivity contribution in [3.63, 3.8) is 0 Å². The van der Waals surface area contributed by atoms with Gasteiger partial charge in [0.25, 0.3) is 0 Å². The number of H-pyrrole nitrogens is 1. The molecule has 0 amide bonds. The number of pyridine rings is 1. The van der Waals surface area contributed by atoms with E-state index in [1.54, 1.807) is 6.07 Å². The molecule has 0 atom stereocenters. The van der Waals surface area contributed by atoms with Crippen LogP contribution in [0.15, 0.2) is 18.3 Å². The SMILES string of the molecule is CC(=O)c1c[nH]c2ccc(C(=O)O)nc12. The Morgan fingerprint density at radius 2 is 2.13 bits per heavy atom. The first-order valence-electron chi connectivity index (χ1n) is 4.32. The lowest BCUT2D eigenvalue weighted by Gasteiger charge is -1.95. The molecule has 2 N–H and O–H groups in total. The van der Waals surface area contributed by atoms with Crippen molar-refractivity contribution in [3.8, 4) is 0 Å². The highest BCUT2D eigenvalue weighted by Crippen LogP contribution is 2.16. The number of rotatable bonds is 2. The third-order valence-electron chi connectivity index (χ3n) is 2.12. The van der Waals surface area contributed by atoms with E-state index >= 15 is 0 Å². The second-order valence-corrected chi connectivity index (χ2v) is 3.16. The molecule has 15 heavy (non-hydrogen) atoms. The number of hydrogen-bond acceptors (Lipinski definition) is 3. The fraction of sp³-hybridized carbons (Fsp3) is 0.100. The van der Waals surface area contributed by atoms with Crippen LogP contribution in [0.3, 0.4) is 0 Å². The fourth-order valence-electron chi connectivity index (χ4n) is 1.39. The summed E-state index contributed by atoms with van der Waals surface area (Å²) in [6.45, 7) is 1.41. The normalized spacial score (nSPS) is 10.5. The highest BCUT2D eigenvalue weighted by atomic mass is 16.4. The number of Topliss-reactive ketones (excluding diaryl/α,β-unsaturated/α-hetero) is 1. The zero-order valence-corrected chi connectivity index (χ0v) is 7.94. The summed E-state index contributed by atoms with van der Waals surface area (Å²) in [4.78, 5) is 28.6. The van der Waals surface area contributed by atoms with Crippen LogP contribution >= 0.6 is 0 Å². The number of hydrogen-bond donors (Lipinski definition) is 2. The van der Waals surface area contributed by atoms with Crippen molar-refractivity contribution in [2.75, 3.05) is 0 Å². The number of nitrogens with zero attached hydrogens (tertiary/aromatic N) is 1. The molecule has 2 rings (SSSR count). The molecule has 5 nitrogen and oxygen atoms in total. The van der Waals surface area contributed by atoms with Gasteiger partial charge in [-0.2, -0.15) is 0 Å². The first-order valence-corrected chi connectivity index (χ1v) is 4.32. The van der Waals surface area contributed by atoms with Crippen LogP contribution in [0.25, 0.3) is 11.0 Å². The van der Waals surface area contributed by atoms with Gasteiger partial charge in [-0.1, -0.05) is 0 Å². The predicted octanol–water partition coefficient (Wildman–Crippen LogP) is 1.46.